The van der Waals surface area contributed by atoms with E-state index in [0.717, 1.165) is 0 Å². The summed E-state index contributed by atoms with van der Waals surface area (Å²) in [7, 11) is -7.16. The second-order valence-corrected chi connectivity index (χ2v) is 8.09. The van der Waals surface area contributed by atoms with Crippen molar-refractivity contribution in [1.29, 1.82) is 0 Å². The molecule has 2 N–H and O–H groups in total. The van der Waals surface area contributed by atoms with Gasteiger partial charge in [-0.25, -0.2) is 22.0 Å². The summed E-state index contributed by atoms with van der Waals surface area (Å²) in [6.07, 6.45) is 1.89. The minimum atomic E-state index is -3.93. The van der Waals surface area contributed by atoms with Gasteiger partial charge in [-0.1, -0.05) is 6.92 Å². The van der Waals surface area contributed by atoms with Crippen molar-refractivity contribution in [3.8, 4) is 0 Å². The summed E-state index contributed by atoms with van der Waals surface area (Å²) in [6, 6.07) is 2.67. The predicted molar refractivity (Wildman–Crippen MR) is 73.2 cm³/mol. The summed E-state index contributed by atoms with van der Waals surface area (Å²) in [5.41, 5.74) is 0.548. The summed E-state index contributed by atoms with van der Waals surface area (Å²) in [4.78, 5) is 3.99. The third-order valence-electron chi connectivity index (χ3n) is 2.60. The number of hydrogen-bond donors (Lipinski definition) is 1. The van der Waals surface area contributed by atoms with Crippen molar-refractivity contribution in [2.24, 2.45) is 5.14 Å². The number of nitrogens with two attached hydrogens (primary N) is 1. The molecule has 2 aromatic rings. The molecular formula is C11H14N2O5S2. The van der Waals surface area contributed by atoms with Gasteiger partial charge in [0.2, 0.25) is 5.09 Å². The van der Waals surface area contributed by atoms with Crippen molar-refractivity contribution in [2.75, 3.05) is 5.75 Å². The molecule has 0 aliphatic carbocycles. The van der Waals surface area contributed by atoms with Crippen LogP contribution in [-0.4, -0.2) is 27.6 Å². The lowest BCUT2D eigenvalue weighted by atomic mass is 10.3. The Morgan fingerprint density at radius 1 is 1.25 bits per heavy atom. The van der Waals surface area contributed by atoms with Crippen LogP contribution < -0.4 is 5.14 Å². The molecule has 0 bridgehead atoms. The summed E-state index contributed by atoms with van der Waals surface area (Å²) in [5, 5.41) is 5.04. The first kappa shape index (κ1) is 14.9. The van der Waals surface area contributed by atoms with Gasteiger partial charge in [-0.2, -0.15) is 0 Å². The van der Waals surface area contributed by atoms with Crippen LogP contribution in [0.2, 0.25) is 0 Å². The highest BCUT2D eigenvalue weighted by molar-refractivity contribution is 7.90. The number of furan rings is 1. The number of rotatable bonds is 5. The maximum Gasteiger partial charge on any atom is 0.271 e. The molecule has 20 heavy (non-hydrogen) atoms. The van der Waals surface area contributed by atoms with E-state index < -0.39 is 19.9 Å². The summed E-state index contributed by atoms with van der Waals surface area (Å²) in [6.45, 7) is 1.78. The summed E-state index contributed by atoms with van der Waals surface area (Å²) >= 11 is 0. The zero-order chi connectivity index (χ0) is 15.0. The molecule has 0 fully saturated rings. The molecular weight excluding hydrogens is 304 g/mol. The predicted octanol–water partition coefficient (Wildman–Crippen LogP) is 0.800. The van der Waals surface area contributed by atoms with Crippen LogP contribution in [0.3, 0.4) is 0 Å². The number of hydrogen-bond acceptors (Lipinski definition) is 6. The molecule has 0 radical (unpaired) electrons. The van der Waals surface area contributed by atoms with Gasteiger partial charge in [0.05, 0.1) is 17.2 Å². The van der Waals surface area contributed by atoms with Crippen LogP contribution in [0.1, 0.15) is 19.0 Å². The minimum Gasteiger partial charge on any atom is -0.443 e. The average Bonchev–Trinajstić information content (AvgIpc) is 2.70. The van der Waals surface area contributed by atoms with Crippen LogP contribution in [0.4, 0.5) is 0 Å². The van der Waals surface area contributed by atoms with E-state index in [1.165, 1.54) is 18.3 Å². The van der Waals surface area contributed by atoms with Crippen molar-refractivity contribution < 1.29 is 21.3 Å². The largest absolute Gasteiger partial charge is 0.443 e. The van der Waals surface area contributed by atoms with Gasteiger partial charge >= 0.3 is 0 Å². The normalized spacial score (nSPS) is 12.9. The van der Waals surface area contributed by atoms with Crippen LogP contribution in [0.15, 0.2) is 27.8 Å². The van der Waals surface area contributed by atoms with Gasteiger partial charge in [-0.15, -0.1) is 0 Å². The molecule has 9 heteroatoms. The van der Waals surface area contributed by atoms with Gasteiger partial charge in [0.1, 0.15) is 5.58 Å². The van der Waals surface area contributed by atoms with Crippen LogP contribution in [-0.2, 0) is 25.6 Å². The summed E-state index contributed by atoms with van der Waals surface area (Å²) in [5.74, 6) is -0.129. The first-order valence-electron chi connectivity index (χ1n) is 5.83. The second kappa shape index (κ2) is 5.15. The molecule has 0 unspecified atom stereocenters. The SMILES string of the molecule is CCCS(=O)(=O)Cc1cc2oc(S(N)(=O)=O)cc2cn1. The molecule has 0 spiro atoms. The molecule has 7 nitrogen and oxygen atoms in total. The molecule has 110 valence electrons. The van der Waals surface area contributed by atoms with E-state index in [4.69, 9.17) is 9.56 Å². The standard InChI is InChI=1S/C11H14N2O5S2/c1-2-3-19(14,15)7-9-5-10-8(6-13-9)4-11(18-10)20(12,16)17/h4-6H,2-3,7H2,1H3,(H2,12,16,17). The Kier molecular flexibility index (Phi) is 3.85. The maximum absolute atomic E-state index is 11.7. The molecule has 0 saturated carbocycles. The van der Waals surface area contributed by atoms with E-state index in [-0.39, 0.29) is 22.2 Å². The number of sulfonamides is 1. The molecule has 0 aliphatic rings. The Morgan fingerprint density at radius 3 is 2.55 bits per heavy atom. The number of fused-ring (bicyclic) bond motifs is 1. The Labute approximate surface area is 116 Å². The van der Waals surface area contributed by atoms with Crippen LogP contribution >= 0.6 is 0 Å². The van der Waals surface area contributed by atoms with Gasteiger partial charge in [-0.3, -0.25) is 4.98 Å². The van der Waals surface area contributed by atoms with Gasteiger partial charge in [0.25, 0.3) is 10.0 Å². The number of primary sulfonamides is 1. The van der Waals surface area contributed by atoms with Crippen molar-refractivity contribution in [3.63, 3.8) is 0 Å². The topological polar surface area (TPSA) is 120 Å². The van der Waals surface area contributed by atoms with Gasteiger partial charge in [-0.05, 0) is 6.42 Å². The highest BCUT2D eigenvalue weighted by Gasteiger charge is 2.17. The molecule has 2 rings (SSSR count). The second-order valence-electron chi connectivity index (χ2n) is 4.42. The lowest BCUT2D eigenvalue weighted by Crippen LogP contribution is -2.10. The lowest BCUT2D eigenvalue weighted by Gasteiger charge is -2.01. The average molecular weight is 318 g/mol. The third-order valence-corrected chi connectivity index (χ3v) is 5.13. The Balaban J connectivity index is 2.39. The number of pyridine rings is 1. The molecule has 0 aliphatic heterocycles. The highest BCUT2D eigenvalue weighted by Crippen LogP contribution is 2.22. The van der Waals surface area contributed by atoms with Crippen molar-refractivity contribution in [2.45, 2.75) is 24.2 Å². The molecule has 0 saturated heterocycles. The fourth-order valence-electron chi connectivity index (χ4n) is 1.78. The summed E-state index contributed by atoms with van der Waals surface area (Å²) < 4.78 is 50.9. The molecule has 0 amide bonds. The van der Waals surface area contributed by atoms with Gasteiger partial charge < -0.3 is 4.42 Å². The zero-order valence-electron chi connectivity index (χ0n) is 10.7. The van der Waals surface area contributed by atoms with E-state index in [1.807, 2.05) is 0 Å². The highest BCUT2D eigenvalue weighted by atomic mass is 32.2. The Hall–Kier alpha value is -1.45. The number of aromatic nitrogens is 1. The number of sulfone groups is 1. The van der Waals surface area contributed by atoms with Gasteiger partial charge in [0.15, 0.2) is 9.84 Å². The molecule has 2 aromatic heterocycles. The van der Waals surface area contributed by atoms with E-state index in [9.17, 15) is 16.8 Å². The lowest BCUT2D eigenvalue weighted by molar-refractivity contribution is 0.482. The maximum atomic E-state index is 11.7. The fraction of sp³-hybridized carbons (Fsp3) is 0.364. The Bertz CT molecular complexity index is 837. The van der Waals surface area contributed by atoms with Crippen LogP contribution in [0.25, 0.3) is 11.0 Å². The van der Waals surface area contributed by atoms with Gasteiger partial charge in [0, 0.05) is 23.7 Å². The number of nitrogens with zero attached hydrogens (tertiary/aromatic N) is 1. The minimum absolute atomic E-state index is 0.0767. The smallest absolute Gasteiger partial charge is 0.271 e. The molecule has 0 aromatic carbocycles. The first-order chi connectivity index (χ1) is 9.21. The van der Waals surface area contributed by atoms with Crippen molar-refractivity contribution in [3.05, 3.63) is 24.0 Å². The molecule has 0 atom stereocenters. The quantitative estimate of drug-likeness (QED) is 0.870. The van der Waals surface area contributed by atoms with E-state index in [2.05, 4.69) is 4.98 Å². The van der Waals surface area contributed by atoms with Crippen molar-refractivity contribution in [1.82, 2.24) is 4.98 Å². The monoisotopic (exact) mass is 318 g/mol. The van der Waals surface area contributed by atoms with Crippen LogP contribution in [0.5, 0.6) is 0 Å². The third kappa shape index (κ3) is 3.35. The van der Waals surface area contributed by atoms with Crippen molar-refractivity contribution >= 4 is 30.8 Å². The first-order valence-corrected chi connectivity index (χ1v) is 9.20. The fourth-order valence-corrected chi connectivity index (χ4v) is 3.65. The zero-order valence-corrected chi connectivity index (χ0v) is 12.4. The van der Waals surface area contributed by atoms with Crippen LogP contribution in [0, 0.1) is 0 Å². The Morgan fingerprint density at radius 2 is 1.95 bits per heavy atom. The van der Waals surface area contributed by atoms with E-state index in [1.54, 1.807) is 6.92 Å². The van der Waals surface area contributed by atoms with E-state index in [0.29, 0.717) is 17.5 Å². The molecule has 2 heterocycles. The van der Waals surface area contributed by atoms with E-state index >= 15 is 0 Å².